The third kappa shape index (κ3) is 7.59. The van der Waals surface area contributed by atoms with E-state index in [4.69, 9.17) is 19.9 Å². The Bertz CT molecular complexity index is 5290. The normalized spacial score (nSPS) is 11.9. The zero-order chi connectivity index (χ0) is 57.8. The van der Waals surface area contributed by atoms with E-state index in [1.54, 1.807) is 0 Å². The molecule has 0 unspecified atom stereocenters. The van der Waals surface area contributed by atoms with Crippen molar-refractivity contribution in [3.63, 3.8) is 0 Å². The van der Waals surface area contributed by atoms with Gasteiger partial charge < -0.3 is 18.3 Å². The van der Waals surface area contributed by atoms with Crippen LogP contribution in [0.15, 0.2) is 304 Å². The molecule has 0 saturated heterocycles. The van der Waals surface area contributed by atoms with Gasteiger partial charge in [0.05, 0.1) is 78.3 Å². The maximum atomic E-state index is 5.69. The second-order valence-electron chi connectivity index (χ2n) is 22.6. The molecular weight excluding hydrogens is 1070 g/mol. The molecule has 8 nitrogen and oxygen atoms in total. The van der Waals surface area contributed by atoms with Crippen LogP contribution in [0.2, 0.25) is 0 Å². The molecule has 0 aliphatic heterocycles. The van der Waals surface area contributed by atoms with Crippen LogP contribution >= 0.6 is 0 Å². The summed E-state index contributed by atoms with van der Waals surface area (Å²) in [6.07, 6.45) is 7.86. The van der Waals surface area contributed by atoms with E-state index < -0.39 is 0 Å². The monoisotopic (exact) mass is 1120 g/mol. The minimum Gasteiger partial charge on any atom is -0.309 e. The molecule has 0 fully saturated rings. The van der Waals surface area contributed by atoms with Gasteiger partial charge in [-0.15, -0.1) is 0 Å². The number of para-hydroxylation sites is 8. The number of nitrogens with zero attached hydrogens (tertiary/aromatic N) is 8. The van der Waals surface area contributed by atoms with Crippen molar-refractivity contribution >= 4 is 87.2 Å². The van der Waals surface area contributed by atoms with Gasteiger partial charge in [-0.25, -0.2) is 9.97 Å². The van der Waals surface area contributed by atoms with Gasteiger partial charge in [-0.05, 0) is 78.9 Å². The molecule has 0 aliphatic carbocycles. The molecule has 0 aliphatic rings. The van der Waals surface area contributed by atoms with E-state index in [1.807, 2.05) is 24.8 Å². The van der Waals surface area contributed by atoms with Crippen LogP contribution in [0.4, 0.5) is 0 Å². The van der Waals surface area contributed by atoms with E-state index in [1.165, 1.54) is 43.1 Å². The summed E-state index contributed by atoms with van der Waals surface area (Å²) in [4.78, 5) is 21.0. The number of hydrogen-bond acceptors (Lipinski definition) is 4. The first-order valence-corrected chi connectivity index (χ1v) is 29.8. The summed E-state index contributed by atoms with van der Waals surface area (Å²) in [7, 11) is 0. The smallest absolute Gasteiger partial charge is 0.160 e. The third-order valence-electron chi connectivity index (χ3n) is 17.8. The zero-order valence-electron chi connectivity index (χ0n) is 47.4. The number of fused-ring (bicyclic) bond motifs is 12. The Labute approximate surface area is 505 Å². The second-order valence-corrected chi connectivity index (χ2v) is 22.6. The van der Waals surface area contributed by atoms with Gasteiger partial charge in [0, 0.05) is 107 Å². The first-order chi connectivity index (χ1) is 43.7. The van der Waals surface area contributed by atoms with Crippen LogP contribution < -0.4 is 0 Å². The van der Waals surface area contributed by atoms with Crippen LogP contribution in [-0.2, 0) is 0 Å². The largest absolute Gasteiger partial charge is 0.309 e. The van der Waals surface area contributed by atoms with Crippen LogP contribution in [0.25, 0.3) is 166 Å². The van der Waals surface area contributed by atoms with Crippen LogP contribution in [0.5, 0.6) is 0 Å². The first-order valence-electron chi connectivity index (χ1n) is 29.8. The molecule has 0 bridgehead atoms. The molecule has 410 valence electrons. The van der Waals surface area contributed by atoms with Crippen molar-refractivity contribution in [3.8, 4) is 78.9 Å². The van der Waals surface area contributed by atoms with Crippen molar-refractivity contribution < 1.29 is 0 Å². The predicted octanol–water partition coefficient (Wildman–Crippen LogP) is 20.0. The maximum Gasteiger partial charge on any atom is 0.160 e. The summed E-state index contributed by atoms with van der Waals surface area (Å²) in [6.45, 7) is 0. The van der Waals surface area contributed by atoms with E-state index in [9.17, 15) is 0 Å². The van der Waals surface area contributed by atoms with Gasteiger partial charge in [0.2, 0.25) is 0 Å². The van der Waals surface area contributed by atoms with Crippen LogP contribution in [0.1, 0.15) is 0 Å². The first kappa shape index (κ1) is 49.4. The highest BCUT2D eigenvalue weighted by molar-refractivity contribution is 6.14. The molecular formula is C80H50N8. The minimum absolute atomic E-state index is 0.599. The molecule has 0 atom stereocenters. The Balaban J connectivity index is 0.887. The molecule has 11 aromatic carbocycles. The van der Waals surface area contributed by atoms with Gasteiger partial charge in [-0.2, -0.15) is 0 Å². The lowest BCUT2D eigenvalue weighted by atomic mass is 9.98. The molecule has 18 rings (SSSR count). The maximum absolute atomic E-state index is 5.69. The number of benzene rings is 11. The van der Waals surface area contributed by atoms with Gasteiger partial charge in [0.15, 0.2) is 5.82 Å². The fourth-order valence-electron chi connectivity index (χ4n) is 14.0. The van der Waals surface area contributed by atoms with Crippen LogP contribution in [0, 0.1) is 0 Å². The van der Waals surface area contributed by atoms with E-state index in [0.29, 0.717) is 5.82 Å². The highest BCUT2D eigenvalue weighted by Gasteiger charge is 2.25. The Hall–Kier alpha value is -12.0. The standard InChI is InChI=1S/C80H50N8/c1-2-20-51(21-3-1)66-48-67(52-38-40-62(78(46-52)87-72-34-16-8-26-58(72)59-27-9-17-35-73(59)87)64-49-81-44-42-76(64)85-68-30-12-4-22-54(68)55-23-5-13-31-69(55)85)84-80(83-66)53-39-41-63(79(47-53)88-74-36-18-10-28-60(74)61-29-11-19-37-75(61)88)65-50-82-45-43-77(65)86-70-32-14-6-24-56(70)57-25-7-15-33-71(57)86/h1-50H. The quantitative estimate of drug-likeness (QED) is 0.144. The topological polar surface area (TPSA) is 71.3 Å². The van der Waals surface area contributed by atoms with Crippen LogP contribution in [0.3, 0.4) is 0 Å². The average molecular weight is 1120 g/mol. The number of hydrogen-bond donors (Lipinski definition) is 0. The fraction of sp³-hybridized carbons (Fsp3) is 0. The predicted molar refractivity (Wildman–Crippen MR) is 362 cm³/mol. The van der Waals surface area contributed by atoms with Crippen LogP contribution in [-0.4, -0.2) is 38.2 Å². The fourth-order valence-corrected chi connectivity index (χ4v) is 14.0. The lowest BCUT2D eigenvalue weighted by Gasteiger charge is -2.20. The third-order valence-corrected chi connectivity index (χ3v) is 17.8. The number of aromatic nitrogens is 8. The Morgan fingerprint density at radius 3 is 0.875 bits per heavy atom. The zero-order valence-corrected chi connectivity index (χ0v) is 47.4. The lowest BCUT2D eigenvalue weighted by Crippen LogP contribution is -2.04. The van der Waals surface area contributed by atoms with E-state index in [-0.39, 0.29) is 0 Å². The molecule has 7 heterocycles. The summed E-state index contributed by atoms with van der Waals surface area (Å²) in [5.74, 6) is 0.599. The second kappa shape index (κ2) is 19.8. The lowest BCUT2D eigenvalue weighted by molar-refractivity contribution is 1.13. The van der Waals surface area contributed by atoms with Gasteiger partial charge in [0.1, 0.15) is 0 Å². The minimum atomic E-state index is 0.599. The molecule has 0 amide bonds. The number of pyridine rings is 2. The summed E-state index contributed by atoms with van der Waals surface area (Å²) >= 11 is 0. The van der Waals surface area contributed by atoms with Crippen molar-refractivity contribution in [1.29, 1.82) is 0 Å². The van der Waals surface area contributed by atoms with Gasteiger partial charge >= 0.3 is 0 Å². The molecule has 8 heteroatoms. The Morgan fingerprint density at radius 2 is 0.511 bits per heavy atom. The molecule has 0 spiro atoms. The van der Waals surface area contributed by atoms with Crippen molar-refractivity contribution in [2.75, 3.05) is 0 Å². The summed E-state index contributed by atoms with van der Waals surface area (Å²) in [5.41, 5.74) is 21.4. The Morgan fingerprint density at radius 1 is 0.216 bits per heavy atom. The molecule has 7 aromatic heterocycles. The summed E-state index contributed by atoms with van der Waals surface area (Å²) < 4.78 is 9.63. The van der Waals surface area contributed by atoms with E-state index in [0.717, 1.165) is 117 Å². The number of rotatable bonds is 9. The van der Waals surface area contributed by atoms with Crippen molar-refractivity contribution in [3.05, 3.63) is 304 Å². The SMILES string of the molecule is c1ccc(-c2cc(-c3ccc(-c4cnccc4-n4c5ccccc5c5ccccc54)c(-n4c5ccccc5c5ccccc54)c3)nc(-c3ccc(-c4cnccc4-n4c5ccccc5c5ccccc54)c(-n4c5ccccc5c5ccccc54)c3)n2)cc1. The van der Waals surface area contributed by atoms with Crippen molar-refractivity contribution in [2.45, 2.75) is 0 Å². The summed E-state index contributed by atoms with van der Waals surface area (Å²) in [6, 6.07) is 100. The molecule has 88 heavy (non-hydrogen) atoms. The van der Waals surface area contributed by atoms with Gasteiger partial charge in [-0.3, -0.25) is 9.97 Å². The van der Waals surface area contributed by atoms with Gasteiger partial charge in [-0.1, -0.05) is 200 Å². The van der Waals surface area contributed by atoms with Crippen molar-refractivity contribution in [1.82, 2.24) is 38.2 Å². The Kier molecular flexibility index (Phi) is 11.1. The average Bonchev–Trinajstić information content (AvgIpc) is 2.19. The molecule has 0 N–H and O–H groups in total. The van der Waals surface area contributed by atoms with Crippen molar-refractivity contribution in [2.24, 2.45) is 0 Å². The molecule has 0 radical (unpaired) electrons. The molecule has 18 aromatic rings. The highest BCUT2D eigenvalue weighted by atomic mass is 15.0. The van der Waals surface area contributed by atoms with Gasteiger partial charge in [0.25, 0.3) is 0 Å². The van der Waals surface area contributed by atoms with E-state index in [2.05, 4.69) is 297 Å². The van der Waals surface area contributed by atoms with E-state index >= 15 is 0 Å². The highest BCUT2D eigenvalue weighted by Crippen LogP contribution is 2.45. The molecule has 0 saturated carbocycles. The summed E-state index contributed by atoms with van der Waals surface area (Å²) in [5, 5.41) is 9.49.